The number of unbranched alkanes of at least 4 members (excludes halogenated alkanes) is 7. The zero-order chi connectivity index (χ0) is 32.7. The molecular weight excluding hydrogens is 552 g/mol. The molecule has 0 aliphatic heterocycles. The first-order valence-electron chi connectivity index (χ1n) is 16.6. The van der Waals surface area contributed by atoms with Crippen molar-refractivity contribution in [2.45, 2.75) is 176 Å². The van der Waals surface area contributed by atoms with Gasteiger partial charge in [0.15, 0.2) is 0 Å². The van der Waals surface area contributed by atoms with Crippen molar-refractivity contribution >= 4 is 17.9 Å². The SMILES string of the molecule is CCCCCC1CCC(CCCCCCCCC(=O)OOC(C)(C)C)C(C(=O)OOC(C)(C)C)C1C(=O)OOC(C)(C)C. The first kappa shape index (κ1) is 39.3. The van der Waals surface area contributed by atoms with Gasteiger partial charge in [-0.25, -0.2) is 14.4 Å². The zero-order valence-electron chi connectivity index (χ0n) is 28.9. The number of hydrogen-bond donors (Lipinski definition) is 0. The highest BCUT2D eigenvalue weighted by Gasteiger charge is 2.49. The van der Waals surface area contributed by atoms with Crippen LogP contribution in [0.25, 0.3) is 0 Å². The lowest BCUT2D eigenvalue weighted by Gasteiger charge is -2.40. The number of hydrogen-bond acceptors (Lipinski definition) is 9. The van der Waals surface area contributed by atoms with Crippen LogP contribution in [0.15, 0.2) is 0 Å². The molecule has 0 bridgehead atoms. The van der Waals surface area contributed by atoms with Crippen molar-refractivity contribution < 1.29 is 43.7 Å². The van der Waals surface area contributed by atoms with Crippen molar-refractivity contribution in [3.63, 3.8) is 0 Å². The number of carbonyl (C=O) groups is 3. The maximum atomic E-state index is 13.6. The maximum absolute atomic E-state index is 13.6. The number of rotatable bonds is 18. The molecule has 9 nitrogen and oxygen atoms in total. The van der Waals surface area contributed by atoms with E-state index in [0.29, 0.717) is 6.42 Å². The lowest BCUT2D eigenvalue weighted by Crippen LogP contribution is -2.46. The van der Waals surface area contributed by atoms with Crippen LogP contribution in [0.2, 0.25) is 0 Å². The van der Waals surface area contributed by atoms with E-state index in [1.807, 2.05) is 62.3 Å². The van der Waals surface area contributed by atoms with Crippen LogP contribution in [0.4, 0.5) is 0 Å². The lowest BCUT2D eigenvalue weighted by atomic mass is 9.64. The minimum absolute atomic E-state index is 0.0109. The third-order valence-corrected chi connectivity index (χ3v) is 7.37. The van der Waals surface area contributed by atoms with Crippen LogP contribution in [-0.2, 0) is 43.7 Å². The Bertz CT molecular complexity index is 819. The minimum Gasteiger partial charge on any atom is -0.298 e. The van der Waals surface area contributed by atoms with Gasteiger partial charge in [-0.3, -0.25) is 14.7 Å². The summed E-state index contributed by atoms with van der Waals surface area (Å²) in [4.78, 5) is 70.4. The van der Waals surface area contributed by atoms with Gasteiger partial charge in [0.1, 0.15) is 16.8 Å². The summed E-state index contributed by atoms with van der Waals surface area (Å²) in [6.45, 7) is 18.6. The Kier molecular flexibility index (Phi) is 17.3. The molecule has 0 aromatic heterocycles. The predicted octanol–water partition coefficient (Wildman–Crippen LogP) is 8.77. The Morgan fingerprint density at radius 3 is 1.33 bits per heavy atom. The molecule has 4 atom stereocenters. The van der Waals surface area contributed by atoms with Crippen molar-refractivity contribution in [2.75, 3.05) is 0 Å². The van der Waals surface area contributed by atoms with E-state index in [2.05, 4.69) is 6.92 Å². The third kappa shape index (κ3) is 18.0. The highest BCUT2D eigenvalue weighted by atomic mass is 17.2. The Balaban J connectivity index is 2.81. The predicted molar refractivity (Wildman–Crippen MR) is 165 cm³/mol. The molecule has 4 unspecified atom stereocenters. The summed E-state index contributed by atoms with van der Waals surface area (Å²) in [6.07, 6.45) is 12.6. The molecule has 0 aromatic rings. The first-order chi connectivity index (χ1) is 19.9. The third-order valence-electron chi connectivity index (χ3n) is 7.37. The largest absolute Gasteiger partial charge is 0.346 e. The molecule has 252 valence electrons. The number of carbonyl (C=O) groups excluding carboxylic acids is 3. The summed E-state index contributed by atoms with van der Waals surface area (Å²) in [5.74, 6) is -2.62. The standard InChI is InChI=1S/C34H62O9/c1-11-12-17-20-25-23-24-26(21-18-15-13-14-16-19-22-27(35)38-41-32(2,3)4)29(31(37)40-43-34(8,9)10)28(25)30(36)39-42-33(5,6)7/h25-26,28-29H,11-24H2,1-10H3. The van der Waals surface area contributed by atoms with Crippen molar-refractivity contribution in [2.24, 2.45) is 23.7 Å². The second-order valence-electron chi connectivity index (χ2n) is 15.2. The lowest BCUT2D eigenvalue weighted by molar-refractivity contribution is -0.333. The smallest absolute Gasteiger partial charge is 0.298 e. The summed E-state index contributed by atoms with van der Waals surface area (Å²) in [7, 11) is 0. The maximum Gasteiger partial charge on any atom is 0.346 e. The Morgan fingerprint density at radius 2 is 0.907 bits per heavy atom. The van der Waals surface area contributed by atoms with Gasteiger partial charge in [-0.2, -0.15) is 14.7 Å². The minimum atomic E-state index is -0.665. The van der Waals surface area contributed by atoms with Gasteiger partial charge in [0.2, 0.25) is 0 Å². The molecule has 0 radical (unpaired) electrons. The second kappa shape index (κ2) is 18.9. The zero-order valence-corrected chi connectivity index (χ0v) is 28.9. The fraction of sp³-hybridized carbons (Fsp3) is 0.912. The van der Waals surface area contributed by atoms with Crippen LogP contribution in [0.1, 0.15) is 159 Å². The van der Waals surface area contributed by atoms with Crippen molar-refractivity contribution in [3.05, 3.63) is 0 Å². The fourth-order valence-electron chi connectivity index (χ4n) is 5.40. The quantitative estimate of drug-likeness (QED) is 0.0850. The molecule has 0 heterocycles. The van der Waals surface area contributed by atoms with Gasteiger partial charge >= 0.3 is 17.9 Å². The molecule has 9 heteroatoms. The van der Waals surface area contributed by atoms with Crippen LogP contribution in [-0.4, -0.2) is 34.7 Å². The first-order valence-corrected chi connectivity index (χ1v) is 16.6. The van der Waals surface area contributed by atoms with Gasteiger partial charge in [-0.1, -0.05) is 58.3 Å². The summed E-state index contributed by atoms with van der Waals surface area (Å²) in [6, 6.07) is 0. The average Bonchev–Trinajstić information content (AvgIpc) is 2.89. The summed E-state index contributed by atoms with van der Waals surface area (Å²) in [5.41, 5.74) is -1.84. The van der Waals surface area contributed by atoms with Gasteiger partial charge in [0.25, 0.3) is 0 Å². The normalized spacial score (nSPS) is 21.3. The van der Waals surface area contributed by atoms with Crippen LogP contribution in [0.3, 0.4) is 0 Å². The highest BCUT2D eigenvalue weighted by Crippen LogP contribution is 2.45. The summed E-state index contributed by atoms with van der Waals surface area (Å²) in [5, 5.41) is 0. The van der Waals surface area contributed by atoms with Crippen molar-refractivity contribution in [3.8, 4) is 0 Å². The van der Waals surface area contributed by atoms with E-state index in [0.717, 1.165) is 83.5 Å². The van der Waals surface area contributed by atoms with E-state index in [4.69, 9.17) is 29.3 Å². The van der Waals surface area contributed by atoms with Crippen LogP contribution >= 0.6 is 0 Å². The Hall–Kier alpha value is -1.71. The average molecular weight is 615 g/mol. The summed E-state index contributed by atoms with van der Waals surface area (Å²) < 4.78 is 0. The molecule has 0 aromatic carbocycles. The second-order valence-corrected chi connectivity index (χ2v) is 15.2. The molecule has 1 aliphatic rings. The van der Waals surface area contributed by atoms with E-state index >= 15 is 0 Å². The van der Waals surface area contributed by atoms with Crippen LogP contribution in [0, 0.1) is 23.7 Å². The van der Waals surface area contributed by atoms with Crippen LogP contribution in [0.5, 0.6) is 0 Å². The van der Waals surface area contributed by atoms with E-state index in [9.17, 15) is 14.4 Å². The van der Waals surface area contributed by atoms with Gasteiger partial charge in [-0.05, 0) is 106 Å². The molecular formula is C34H62O9. The van der Waals surface area contributed by atoms with E-state index in [1.54, 1.807) is 0 Å². The van der Waals surface area contributed by atoms with Gasteiger partial charge in [0.05, 0.1) is 11.8 Å². The van der Waals surface area contributed by atoms with Crippen LogP contribution < -0.4 is 0 Å². The fourth-order valence-corrected chi connectivity index (χ4v) is 5.40. The molecule has 0 N–H and O–H groups in total. The van der Waals surface area contributed by atoms with E-state index in [-0.39, 0.29) is 17.8 Å². The molecule has 0 spiro atoms. The van der Waals surface area contributed by atoms with Crippen molar-refractivity contribution in [1.29, 1.82) is 0 Å². The van der Waals surface area contributed by atoms with Crippen molar-refractivity contribution in [1.82, 2.24) is 0 Å². The monoisotopic (exact) mass is 614 g/mol. The van der Waals surface area contributed by atoms with E-state index in [1.165, 1.54) is 0 Å². The Morgan fingerprint density at radius 1 is 0.535 bits per heavy atom. The molecule has 1 aliphatic carbocycles. The van der Waals surface area contributed by atoms with Gasteiger partial charge in [-0.15, -0.1) is 0 Å². The van der Waals surface area contributed by atoms with Gasteiger partial charge < -0.3 is 0 Å². The van der Waals surface area contributed by atoms with E-state index < -0.39 is 40.6 Å². The Labute approximate surface area is 261 Å². The molecule has 43 heavy (non-hydrogen) atoms. The molecule has 1 fully saturated rings. The van der Waals surface area contributed by atoms with Gasteiger partial charge in [0, 0.05) is 6.42 Å². The highest BCUT2D eigenvalue weighted by molar-refractivity contribution is 5.82. The molecule has 0 saturated heterocycles. The topological polar surface area (TPSA) is 107 Å². The molecule has 0 amide bonds. The molecule has 1 rings (SSSR count). The molecule has 1 saturated carbocycles. The summed E-state index contributed by atoms with van der Waals surface area (Å²) >= 11 is 0.